The highest BCUT2D eigenvalue weighted by Crippen LogP contribution is 2.15. The van der Waals surface area contributed by atoms with Gasteiger partial charge in [0.25, 0.3) is 5.91 Å². The lowest BCUT2D eigenvalue weighted by molar-refractivity contribution is 0.0941. The van der Waals surface area contributed by atoms with Crippen LogP contribution in [0.5, 0.6) is 0 Å². The van der Waals surface area contributed by atoms with E-state index in [1.54, 1.807) is 0 Å². The maximum absolute atomic E-state index is 11.7. The number of carbonyl (C=O) groups excluding carboxylic acids is 1. The first-order valence-electron chi connectivity index (χ1n) is 6.75. The smallest absolute Gasteiger partial charge is 0.277 e. The van der Waals surface area contributed by atoms with Crippen LogP contribution in [0.2, 0.25) is 0 Å². The number of nitrogen functional groups attached to an aromatic ring is 1. The van der Waals surface area contributed by atoms with E-state index >= 15 is 0 Å². The highest BCUT2D eigenvalue weighted by Gasteiger charge is 2.16. The minimum atomic E-state index is -0.328. The van der Waals surface area contributed by atoms with Crippen molar-refractivity contribution in [3.63, 3.8) is 0 Å². The quantitative estimate of drug-likeness (QED) is 0.754. The molecule has 1 aromatic heterocycles. The molecule has 0 saturated carbocycles. The number of piperidine rings is 1. The van der Waals surface area contributed by atoms with Crippen molar-refractivity contribution in [1.29, 1.82) is 0 Å². The first kappa shape index (κ1) is 13.8. The van der Waals surface area contributed by atoms with E-state index in [9.17, 15) is 4.79 Å². The Morgan fingerprint density at radius 1 is 1.47 bits per heavy atom. The van der Waals surface area contributed by atoms with Crippen LogP contribution in [-0.4, -0.2) is 47.3 Å². The first-order chi connectivity index (χ1) is 9.16. The number of hydrogen-bond donors (Lipinski definition) is 2. The lowest BCUT2D eigenvalue weighted by Crippen LogP contribution is -2.35. The van der Waals surface area contributed by atoms with Crippen molar-refractivity contribution in [1.82, 2.24) is 20.5 Å². The fraction of sp³-hybridized carbons (Fsp3) is 0.750. The lowest BCUT2D eigenvalue weighted by atomic mass is 9.99. The van der Waals surface area contributed by atoms with Gasteiger partial charge in [-0.05, 0) is 55.1 Å². The number of nitrogens with two attached hydrogens (primary N) is 1. The Morgan fingerprint density at radius 2 is 2.21 bits per heavy atom. The summed E-state index contributed by atoms with van der Waals surface area (Å²) in [6, 6.07) is 0. The second-order valence-electron chi connectivity index (χ2n) is 5.13. The molecule has 0 aliphatic carbocycles. The zero-order valence-corrected chi connectivity index (χ0v) is 11.3. The van der Waals surface area contributed by atoms with Crippen LogP contribution in [0.1, 0.15) is 36.7 Å². The molecular formula is C12H21N5O2. The van der Waals surface area contributed by atoms with Crippen molar-refractivity contribution in [2.75, 3.05) is 31.9 Å². The fourth-order valence-corrected chi connectivity index (χ4v) is 2.23. The van der Waals surface area contributed by atoms with E-state index in [4.69, 9.17) is 5.73 Å². The summed E-state index contributed by atoms with van der Waals surface area (Å²) >= 11 is 0. The minimum absolute atomic E-state index is 0.0301. The Kier molecular flexibility index (Phi) is 4.73. The normalized spacial score (nSPS) is 17.5. The molecule has 0 bridgehead atoms. The molecule has 7 nitrogen and oxygen atoms in total. The van der Waals surface area contributed by atoms with Gasteiger partial charge in [-0.3, -0.25) is 4.79 Å². The highest BCUT2D eigenvalue weighted by molar-refractivity contribution is 5.95. The maximum atomic E-state index is 11.7. The van der Waals surface area contributed by atoms with Gasteiger partial charge in [0.15, 0.2) is 0 Å². The molecule has 0 atom stereocenters. The Hall–Kier alpha value is -1.63. The van der Waals surface area contributed by atoms with Crippen molar-refractivity contribution < 1.29 is 9.42 Å². The molecule has 7 heteroatoms. The number of rotatable bonds is 5. The van der Waals surface area contributed by atoms with Gasteiger partial charge < -0.3 is 16.0 Å². The SMILES string of the molecule is CC1CCN(CCCNC(=O)c2nonc2N)CC1. The largest absolute Gasteiger partial charge is 0.379 e. The van der Waals surface area contributed by atoms with Crippen molar-refractivity contribution in [3.8, 4) is 0 Å². The molecule has 1 aromatic rings. The monoisotopic (exact) mass is 267 g/mol. The average Bonchev–Trinajstić information content (AvgIpc) is 2.83. The topological polar surface area (TPSA) is 97.3 Å². The molecule has 0 spiro atoms. The van der Waals surface area contributed by atoms with Crippen molar-refractivity contribution >= 4 is 11.7 Å². The molecule has 2 rings (SSSR count). The predicted octanol–water partition coefficient (Wildman–Crippen LogP) is 0.504. The molecule has 0 aromatic carbocycles. The van der Waals surface area contributed by atoms with Gasteiger partial charge in [-0.25, -0.2) is 4.63 Å². The number of carbonyl (C=O) groups is 1. The van der Waals surface area contributed by atoms with Gasteiger partial charge in [-0.2, -0.15) is 0 Å². The third-order valence-electron chi connectivity index (χ3n) is 3.54. The zero-order valence-electron chi connectivity index (χ0n) is 11.3. The number of nitrogens with zero attached hydrogens (tertiary/aromatic N) is 3. The van der Waals surface area contributed by atoms with E-state index in [-0.39, 0.29) is 17.4 Å². The van der Waals surface area contributed by atoms with Gasteiger partial charge in [-0.15, -0.1) is 0 Å². The van der Waals surface area contributed by atoms with Crippen LogP contribution in [0.4, 0.5) is 5.82 Å². The highest BCUT2D eigenvalue weighted by atomic mass is 16.6. The molecule has 1 aliphatic heterocycles. The summed E-state index contributed by atoms with van der Waals surface area (Å²) in [5.74, 6) is 0.548. The Bertz CT molecular complexity index is 412. The molecule has 0 radical (unpaired) electrons. The number of aromatic nitrogens is 2. The standard InChI is InChI=1S/C12H21N5O2/c1-9-3-7-17(8-4-9)6-2-5-14-12(18)10-11(13)16-19-15-10/h9H,2-8H2,1H3,(H2,13,16)(H,14,18). The van der Waals surface area contributed by atoms with E-state index in [1.165, 1.54) is 12.8 Å². The van der Waals surface area contributed by atoms with Crippen molar-refractivity contribution in [2.45, 2.75) is 26.2 Å². The van der Waals surface area contributed by atoms with Crippen molar-refractivity contribution in [3.05, 3.63) is 5.69 Å². The van der Waals surface area contributed by atoms with Crippen LogP contribution in [0.25, 0.3) is 0 Å². The number of anilines is 1. The number of nitrogens with one attached hydrogen (secondary N) is 1. The molecule has 1 aliphatic rings. The van der Waals surface area contributed by atoms with Crippen LogP contribution in [-0.2, 0) is 0 Å². The summed E-state index contributed by atoms with van der Waals surface area (Å²) in [6.07, 6.45) is 3.46. The Morgan fingerprint density at radius 3 is 2.84 bits per heavy atom. The second kappa shape index (κ2) is 6.51. The lowest BCUT2D eigenvalue weighted by Gasteiger charge is -2.30. The second-order valence-corrected chi connectivity index (χ2v) is 5.13. The summed E-state index contributed by atoms with van der Waals surface area (Å²) in [5.41, 5.74) is 5.50. The number of hydrogen-bond acceptors (Lipinski definition) is 6. The number of likely N-dealkylation sites (tertiary alicyclic amines) is 1. The van der Waals surface area contributed by atoms with Crippen LogP contribution in [0, 0.1) is 5.92 Å². The molecule has 106 valence electrons. The maximum Gasteiger partial charge on any atom is 0.277 e. The molecule has 3 N–H and O–H groups in total. The van der Waals surface area contributed by atoms with Crippen LogP contribution in [0.15, 0.2) is 4.63 Å². The third-order valence-corrected chi connectivity index (χ3v) is 3.54. The van der Waals surface area contributed by atoms with Crippen LogP contribution < -0.4 is 11.1 Å². The third kappa shape index (κ3) is 3.92. The van der Waals surface area contributed by atoms with Crippen LogP contribution in [0.3, 0.4) is 0 Å². The van der Waals surface area contributed by atoms with E-state index in [2.05, 4.69) is 32.1 Å². The fourth-order valence-electron chi connectivity index (χ4n) is 2.23. The average molecular weight is 267 g/mol. The minimum Gasteiger partial charge on any atom is -0.379 e. The molecule has 19 heavy (non-hydrogen) atoms. The molecule has 1 amide bonds. The molecular weight excluding hydrogens is 246 g/mol. The summed E-state index contributed by atoms with van der Waals surface area (Å²) < 4.78 is 4.38. The number of amides is 1. The van der Waals surface area contributed by atoms with Gasteiger partial charge >= 0.3 is 0 Å². The van der Waals surface area contributed by atoms with Crippen molar-refractivity contribution in [2.24, 2.45) is 5.92 Å². The van der Waals surface area contributed by atoms with Gasteiger partial charge in [0, 0.05) is 6.54 Å². The van der Waals surface area contributed by atoms with E-state index < -0.39 is 0 Å². The predicted molar refractivity (Wildman–Crippen MR) is 70.5 cm³/mol. The van der Waals surface area contributed by atoms with Gasteiger partial charge in [-0.1, -0.05) is 6.92 Å². The molecule has 0 unspecified atom stereocenters. The van der Waals surface area contributed by atoms with E-state index in [0.29, 0.717) is 6.54 Å². The van der Waals surface area contributed by atoms with E-state index in [0.717, 1.165) is 32.0 Å². The first-order valence-corrected chi connectivity index (χ1v) is 6.75. The van der Waals surface area contributed by atoms with Gasteiger partial charge in [0.05, 0.1) is 0 Å². The summed E-state index contributed by atoms with van der Waals surface area (Å²) in [4.78, 5) is 14.1. The summed E-state index contributed by atoms with van der Waals surface area (Å²) in [7, 11) is 0. The molecule has 2 heterocycles. The molecule has 1 fully saturated rings. The summed E-state index contributed by atoms with van der Waals surface area (Å²) in [6.45, 7) is 6.25. The van der Waals surface area contributed by atoms with E-state index in [1.807, 2.05) is 0 Å². The van der Waals surface area contributed by atoms with Gasteiger partial charge in [0.2, 0.25) is 11.5 Å². The Balaban J connectivity index is 1.62. The molecule has 1 saturated heterocycles. The zero-order chi connectivity index (χ0) is 13.7. The van der Waals surface area contributed by atoms with Gasteiger partial charge in [0.1, 0.15) is 0 Å². The summed E-state index contributed by atoms with van der Waals surface area (Å²) in [5, 5.41) is 9.59. The van der Waals surface area contributed by atoms with Crippen LogP contribution >= 0.6 is 0 Å². The Labute approximate surface area is 112 Å².